The van der Waals surface area contributed by atoms with Crippen molar-refractivity contribution >= 4 is 27.3 Å². The molecule has 0 saturated heterocycles. The van der Waals surface area contributed by atoms with E-state index in [2.05, 4.69) is 26.2 Å². The molecule has 86 valence electrons. The second-order valence-electron chi connectivity index (χ2n) is 4.21. The number of aromatic nitrogens is 3. The normalized spacial score (nSPS) is 12.0. The fraction of sp³-hybridized carbons (Fsp3) is 0.400. The smallest absolute Gasteiger partial charge is 0.102 e. The van der Waals surface area contributed by atoms with Gasteiger partial charge in [0.15, 0.2) is 0 Å². The number of hydrogen-bond donors (Lipinski definition) is 1. The van der Waals surface area contributed by atoms with Crippen LogP contribution >= 0.6 is 27.3 Å². The zero-order valence-corrected chi connectivity index (χ0v) is 11.5. The zero-order valence-electron chi connectivity index (χ0n) is 9.14. The molecule has 0 amide bonds. The summed E-state index contributed by atoms with van der Waals surface area (Å²) in [5.41, 5.74) is 6.32. The van der Waals surface area contributed by atoms with Crippen molar-refractivity contribution in [3.8, 4) is 0 Å². The van der Waals surface area contributed by atoms with Crippen LogP contribution in [0.4, 0.5) is 0 Å². The van der Waals surface area contributed by atoms with E-state index in [4.69, 9.17) is 5.73 Å². The van der Waals surface area contributed by atoms with Gasteiger partial charge in [0.05, 0.1) is 18.3 Å². The van der Waals surface area contributed by atoms with Gasteiger partial charge in [-0.2, -0.15) is 0 Å². The van der Waals surface area contributed by atoms with E-state index >= 15 is 0 Å². The highest BCUT2D eigenvalue weighted by Gasteiger charge is 2.18. The Morgan fingerprint density at radius 3 is 2.81 bits per heavy atom. The van der Waals surface area contributed by atoms with Gasteiger partial charge in [0.25, 0.3) is 0 Å². The SMILES string of the molecule is CC(C)(N)c1cn(Cc2sccc2Br)nn1. The van der Waals surface area contributed by atoms with Gasteiger partial charge in [-0.05, 0) is 41.2 Å². The van der Waals surface area contributed by atoms with Gasteiger partial charge in [-0.25, -0.2) is 4.68 Å². The monoisotopic (exact) mass is 300 g/mol. The molecule has 0 aliphatic heterocycles. The average molecular weight is 301 g/mol. The zero-order chi connectivity index (χ0) is 11.8. The summed E-state index contributed by atoms with van der Waals surface area (Å²) in [7, 11) is 0. The van der Waals surface area contributed by atoms with E-state index in [1.165, 1.54) is 4.88 Å². The highest BCUT2D eigenvalue weighted by molar-refractivity contribution is 9.10. The lowest BCUT2D eigenvalue weighted by atomic mass is 10.0. The molecule has 0 bridgehead atoms. The summed E-state index contributed by atoms with van der Waals surface area (Å²) in [5, 5.41) is 10.2. The van der Waals surface area contributed by atoms with Crippen molar-refractivity contribution in [2.45, 2.75) is 25.9 Å². The molecule has 2 rings (SSSR count). The third kappa shape index (κ3) is 2.50. The van der Waals surface area contributed by atoms with Crippen molar-refractivity contribution in [1.29, 1.82) is 0 Å². The van der Waals surface area contributed by atoms with Crippen molar-refractivity contribution in [2.24, 2.45) is 5.73 Å². The van der Waals surface area contributed by atoms with E-state index in [0.717, 1.165) is 16.7 Å². The predicted octanol–water partition coefficient (Wildman–Crippen LogP) is 2.34. The maximum Gasteiger partial charge on any atom is 0.102 e. The lowest BCUT2D eigenvalue weighted by Gasteiger charge is -2.13. The van der Waals surface area contributed by atoms with E-state index in [9.17, 15) is 0 Å². The maximum atomic E-state index is 5.95. The Hall–Kier alpha value is -0.720. The second-order valence-corrected chi connectivity index (χ2v) is 6.07. The molecule has 0 saturated carbocycles. The van der Waals surface area contributed by atoms with Gasteiger partial charge in [-0.15, -0.1) is 16.4 Å². The van der Waals surface area contributed by atoms with Crippen LogP contribution in [0.2, 0.25) is 0 Å². The first kappa shape index (κ1) is 11.8. The molecular weight excluding hydrogens is 288 g/mol. The van der Waals surface area contributed by atoms with Crippen LogP contribution in [0.3, 0.4) is 0 Å². The first-order chi connectivity index (χ1) is 7.47. The fourth-order valence-corrected chi connectivity index (χ4v) is 2.72. The van der Waals surface area contributed by atoms with Crippen molar-refractivity contribution in [3.63, 3.8) is 0 Å². The summed E-state index contributed by atoms with van der Waals surface area (Å²) in [6.07, 6.45) is 1.90. The molecule has 0 aromatic carbocycles. The van der Waals surface area contributed by atoms with Gasteiger partial charge in [-0.1, -0.05) is 5.21 Å². The molecule has 0 unspecified atom stereocenters. The number of rotatable bonds is 3. The molecular formula is C10H13BrN4S. The van der Waals surface area contributed by atoms with Crippen LogP contribution in [0, 0.1) is 0 Å². The molecule has 6 heteroatoms. The third-order valence-electron chi connectivity index (χ3n) is 2.20. The molecule has 2 heterocycles. The average Bonchev–Trinajstić information content (AvgIpc) is 2.76. The molecule has 4 nitrogen and oxygen atoms in total. The van der Waals surface area contributed by atoms with Crippen LogP contribution < -0.4 is 5.73 Å². The van der Waals surface area contributed by atoms with E-state index in [1.807, 2.05) is 31.5 Å². The standard InChI is InChI=1S/C10H13BrN4S/c1-10(2,12)9-6-15(14-13-9)5-8-7(11)3-4-16-8/h3-4,6H,5,12H2,1-2H3. The van der Waals surface area contributed by atoms with E-state index in [0.29, 0.717) is 0 Å². The van der Waals surface area contributed by atoms with Crippen LogP contribution in [0.15, 0.2) is 22.1 Å². The summed E-state index contributed by atoms with van der Waals surface area (Å²) in [6.45, 7) is 4.56. The van der Waals surface area contributed by atoms with E-state index < -0.39 is 5.54 Å². The Balaban J connectivity index is 2.18. The first-order valence-corrected chi connectivity index (χ1v) is 6.55. The molecule has 16 heavy (non-hydrogen) atoms. The molecule has 0 atom stereocenters. The minimum atomic E-state index is -0.440. The second kappa shape index (κ2) is 4.27. The summed E-state index contributed by atoms with van der Waals surface area (Å²) in [4.78, 5) is 1.23. The number of nitrogens with zero attached hydrogens (tertiary/aromatic N) is 3. The van der Waals surface area contributed by atoms with E-state index in [-0.39, 0.29) is 0 Å². The topological polar surface area (TPSA) is 56.7 Å². The number of hydrogen-bond acceptors (Lipinski definition) is 4. The molecule has 0 fully saturated rings. The van der Waals surface area contributed by atoms with Gasteiger partial charge >= 0.3 is 0 Å². The van der Waals surface area contributed by atoms with Crippen molar-refractivity contribution < 1.29 is 0 Å². The Kier molecular flexibility index (Phi) is 3.14. The molecule has 0 radical (unpaired) electrons. The van der Waals surface area contributed by atoms with Crippen LogP contribution in [-0.4, -0.2) is 15.0 Å². The van der Waals surface area contributed by atoms with Crippen LogP contribution in [0.1, 0.15) is 24.4 Å². The Labute approximate surface area is 107 Å². The Morgan fingerprint density at radius 2 is 2.31 bits per heavy atom. The number of halogens is 1. The van der Waals surface area contributed by atoms with Gasteiger partial charge in [0, 0.05) is 9.35 Å². The number of thiophene rings is 1. The lowest BCUT2D eigenvalue weighted by Crippen LogP contribution is -2.29. The predicted molar refractivity (Wildman–Crippen MR) is 68.4 cm³/mol. The molecule has 2 aromatic heterocycles. The summed E-state index contributed by atoms with van der Waals surface area (Å²) >= 11 is 5.19. The molecule has 0 aliphatic rings. The third-order valence-corrected chi connectivity index (χ3v) is 4.11. The highest BCUT2D eigenvalue weighted by atomic mass is 79.9. The minimum Gasteiger partial charge on any atom is -0.320 e. The minimum absolute atomic E-state index is 0.440. The Morgan fingerprint density at radius 1 is 1.56 bits per heavy atom. The van der Waals surface area contributed by atoms with Crippen molar-refractivity contribution in [1.82, 2.24) is 15.0 Å². The molecule has 0 aliphatic carbocycles. The van der Waals surface area contributed by atoms with Crippen LogP contribution in [0.5, 0.6) is 0 Å². The molecule has 2 aromatic rings. The number of nitrogens with two attached hydrogens (primary N) is 1. The van der Waals surface area contributed by atoms with Gasteiger partial charge in [0.1, 0.15) is 5.69 Å². The van der Waals surface area contributed by atoms with E-state index in [1.54, 1.807) is 16.0 Å². The van der Waals surface area contributed by atoms with Crippen LogP contribution in [-0.2, 0) is 12.1 Å². The molecule has 0 spiro atoms. The Bertz CT molecular complexity index is 483. The van der Waals surface area contributed by atoms with Crippen molar-refractivity contribution in [3.05, 3.63) is 32.7 Å². The lowest BCUT2D eigenvalue weighted by molar-refractivity contribution is 0.533. The van der Waals surface area contributed by atoms with Crippen molar-refractivity contribution in [2.75, 3.05) is 0 Å². The quantitative estimate of drug-likeness (QED) is 0.946. The fourth-order valence-electron chi connectivity index (χ4n) is 1.26. The summed E-state index contributed by atoms with van der Waals surface area (Å²) < 4.78 is 2.92. The molecule has 2 N–H and O–H groups in total. The first-order valence-electron chi connectivity index (χ1n) is 4.88. The maximum absolute atomic E-state index is 5.95. The van der Waals surface area contributed by atoms with Crippen LogP contribution in [0.25, 0.3) is 0 Å². The summed E-state index contributed by atoms with van der Waals surface area (Å²) in [5.74, 6) is 0. The summed E-state index contributed by atoms with van der Waals surface area (Å²) in [6, 6.07) is 2.03. The van der Waals surface area contributed by atoms with Gasteiger partial charge < -0.3 is 5.73 Å². The van der Waals surface area contributed by atoms with Gasteiger partial charge in [-0.3, -0.25) is 0 Å². The van der Waals surface area contributed by atoms with Gasteiger partial charge in [0.2, 0.25) is 0 Å². The largest absolute Gasteiger partial charge is 0.320 e. The highest BCUT2D eigenvalue weighted by Crippen LogP contribution is 2.23.